The molecule has 3 N–H and O–H groups in total. The molecule has 0 spiro atoms. The van der Waals surface area contributed by atoms with E-state index in [2.05, 4.69) is 69.9 Å². The summed E-state index contributed by atoms with van der Waals surface area (Å²) >= 11 is 0. The van der Waals surface area contributed by atoms with Gasteiger partial charge in [-0.1, -0.05) is 69.2 Å². The lowest BCUT2D eigenvalue weighted by Gasteiger charge is -2.34. The number of carbonyl (C=O) groups is 2. The monoisotopic (exact) mass is 535 g/mol. The Bertz CT molecular complexity index is 1040. The number of hydrazine groups is 2. The van der Waals surface area contributed by atoms with Crippen molar-refractivity contribution in [3.63, 3.8) is 0 Å². The van der Waals surface area contributed by atoms with Crippen LogP contribution in [-0.2, 0) is 17.9 Å². The van der Waals surface area contributed by atoms with Gasteiger partial charge in [-0.15, -0.1) is 0 Å². The zero-order valence-corrected chi connectivity index (χ0v) is 23.5. The third-order valence-electron chi connectivity index (χ3n) is 8.14. The third kappa shape index (κ3) is 8.35. The van der Waals surface area contributed by atoms with Gasteiger partial charge in [0, 0.05) is 25.7 Å². The third-order valence-corrected chi connectivity index (χ3v) is 8.14. The molecule has 39 heavy (non-hydrogen) atoms. The molecule has 8 nitrogen and oxygen atoms in total. The number of piperidine rings is 1. The highest BCUT2D eigenvalue weighted by atomic mass is 16.4. The zero-order chi connectivity index (χ0) is 27.6. The molecule has 2 fully saturated rings. The van der Waals surface area contributed by atoms with Crippen LogP contribution in [0.5, 0.6) is 0 Å². The number of unbranched alkanes of at least 4 members (excludes halogenated alkanes) is 1. The summed E-state index contributed by atoms with van der Waals surface area (Å²) in [6.45, 7) is 9.47. The number of hydrogen-bond donors (Lipinski definition) is 3. The van der Waals surface area contributed by atoms with E-state index in [1.807, 2.05) is 12.1 Å². The van der Waals surface area contributed by atoms with E-state index < -0.39 is 5.97 Å². The molecule has 2 aliphatic rings. The zero-order valence-electron chi connectivity index (χ0n) is 23.5. The van der Waals surface area contributed by atoms with Crippen LogP contribution in [0.3, 0.4) is 0 Å². The van der Waals surface area contributed by atoms with Gasteiger partial charge in [0.1, 0.15) is 6.04 Å². The van der Waals surface area contributed by atoms with E-state index in [-0.39, 0.29) is 17.5 Å². The number of amides is 1. The summed E-state index contributed by atoms with van der Waals surface area (Å²) in [5, 5.41) is 16.9. The highest BCUT2D eigenvalue weighted by molar-refractivity contribution is 5.87. The van der Waals surface area contributed by atoms with E-state index in [4.69, 9.17) is 0 Å². The van der Waals surface area contributed by atoms with Gasteiger partial charge in [-0.3, -0.25) is 9.69 Å². The van der Waals surface area contributed by atoms with Crippen LogP contribution in [0.4, 0.5) is 0 Å². The van der Waals surface area contributed by atoms with Gasteiger partial charge in [0.15, 0.2) is 0 Å². The molecule has 2 saturated heterocycles. The standard InChI is InChI=1S/C31H45N5O3/c1-3-5-11-28(4-2)35-23-29(33-36(35)22-26-12-14-27(15-13-26)31(38)39)30(37)32-20-24-16-18-34(19-17-24)21-25-9-7-6-8-10-25/h6-10,12-15,24,28-29,33H,3-5,11,16-23H2,1-2H3,(H,32,37)(H,38,39). The molecule has 0 aromatic heterocycles. The molecule has 2 aromatic carbocycles. The molecular weight excluding hydrogens is 490 g/mol. The van der Waals surface area contributed by atoms with Gasteiger partial charge in [-0.2, -0.15) is 5.12 Å². The van der Waals surface area contributed by atoms with Crippen LogP contribution < -0.4 is 10.7 Å². The second-order valence-corrected chi connectivity index (χ2v) is 11.0. The number of carbonyl (C=O) groups excluding carboxylic acids is 1. The van der Waals surface area contributed by atoms with E-state index in [0.717, 1.165) is 70.3 Å². The SMILES string of the molecule is CCCCC(CC)N1CC(C(=O)NCC2CCN(Cc3ccccc3)CC2)NN1Cc1ccc(C(=O)O)cc1. The molecule has 0 aliphatic carbocycles. The molecule has 1 amide bonds. The molecule has 0 bridgehead atoms. The van der Waals surface area contributed by atoms with Crippen molar-refractivity contribution in [3.05, 3.63) is 71.3 Å². The summed E-state index contributed by atoms with van der Waals surface area (Å²) in [4.78, 5) is 27.0. The van der Waals surface area contributed by atoms with Crippen LogP contribution in [0, 0.1) is 5.92 Å². The molecule has 2 aromatic rings. The molecule has 8 heteroatoms. The van der Waals surface area contributed by atoms with E-state index >= 15 is 0 Å². The smallest absolute Gasteiger partial charge is 0.335 e. The van der Waals surface area contributed by atoms with Gasteiger partial charge < -0.3 is 10.4 Å². The number of carboxylic acids is 1. The molecule has 4 rings (SSSR count). The first-order valence-corrected chi connectivity index (χ1v) is 14.6. The summed E-state index contributed by atoms with van der Waals surface area (Å²) in [5.41, 5.74) is 6.10. The summed E-state index contributed by atoms with van der Waals surface area (Å²) in [6.07, 6.45) is 6.58. The van der Waals surface area contributed by atoms with Crippen molar-refractivity contribution in [1.29, 1.82) is 0 Å². The number of likely N-dealkylation sites (tertiary alicyclic amines) is 1. The summed E-state index contributed by atoms with van der Waals surface area (Å²) in [7, 11) is 0. The topological polar surface area (TPSA) is 88.2 Å². The van der Waals surface area contributed by atoms with Crippen LogP contribution in [0.2, 0.25) is 0 Å². The van der Waals surface area contributed by atoms with E-state index in [1.165, 1.54) is 5.56 Å². The second kappa shape index (κ2) is 14.6. The minimum Gasteiger partial charge on any atom is -0.478 e. The number of benzene rings is 2. The average molecular weight is 536 g/mol. The van der Waals surface area contributed by atoms with Gasteiger partial charge in [0.2, 0.25) is 5.91 Å². The van der Waals surface area contributed by atoms with Crippen molar-refractivity contribution >= 4 is 11.9 Å². The molecule has 2 unspecified atom stereocenters. The highest BCUT2D eigenvalue weighted by Gasteiger charge is 2.37. The Morgan fingerprint density at radius 2 is 1.69 bits per heavy atom. The largest absolute Gasteiger partial charge is 0.478 e. The maximum Gasteiger partial charge on any atom is 0.335 e. The number of nitrogens with zero attached hydrogens (tertiary/aromatic N) is 3. The lowest BCUT2D eigenvalue weighted by Crippen LogP contribution is -2.48. The summed E-state index contributed by atoms with van der Waals surface area (Å²) in [5.74, 6) is -0.359. The number of nitrogens with one attached hydrogen (secondary N) is 2. The van der Waals surface area contributed by atoms with Crippen molar-refractivity contribution < 1.29 is 14.7 Å². The van der Waals surface area contributed by atoms with Crippen molar-refractivity contribution in [3.8, 4) is 0 Å². The second-order valence-electron chi connectivity index (χ2n) is 11.0. The van der Waals surface area contributed by atoms with E-state index in [0.29, 0.717) is 25.0 Å². The van der Waals surface area contributed by atoms with Crippen LogP contribution >= 0.6 is 0 Å². The minimum atomic E-state index is -0.924. The van der Waals surface area contributed by atoms with Crippen molar-refractivity contribution in [2.24, 2.45) is 5.92 Å². The Balaban J connectivity index is 1.30. The number of rotatable bonds is 13. The normalized spacial score (nSPS) is 20.2. The molecule has 0 radical (unpaired) electrons. The maximum atomic E-state index is 13.3. The number of aromatic carboxylic acids is 1. The van der Waals surface area contributed by atoms with E-state index in [1.54, 1.807) is 12.1 Å². The fraction of sp³-hybridized carbons (Fsp3) is 0.548. The van der Waals surface area contributed by atoms with Crippen LogP contribution in [0.25, 0.3) is 0 Å². The summed E-state index contributed by atoms with van der Waals surface area (Å²) in [6, 6.07) is 17.7. The molecule has 0 saturated carbocycles. The first kappa shape index (κ1) is 29.2. The number of carboxylic acid groups (broad SMARTS) is 1. The molecular formula is C31H45N5O3. The maximum absolute atomic E-state index is 13.3. The van der Waals surface area contributed by atoms with E-state index in [9.17, 15) is 14.7 Å². The van der Waals surface area contributed by atoms with Gasteiger partial charge in [-0.25, -0.2) is 15.2 Å². The van der Waals surface area contributed by atoms with Crippen molar-refractivity contribution in [1.82, 2.24) is 25.8 Å². The molecule has 2 atom stereocenters. The highest BCUT2D eigenvalue weighted by Crippen LogP contribution is 2.22. The minimum absolute atomic E-state index is 0.0563. The van der Waals surface area contributed by atoms with Gasteiger partial charge in [0.25, 0.3) is 0 Å². The van der Waals surface area contributed by atoms with Gasteiger partial charge >= 0.3 is 5.97 Å². The van der Waals surface area contributed by atoms with Crippen LogP contribution in [0.1, 0.15) is 73.9 Å². The summed E-state index contributed by atoms with van der Waals surface area (Å²) < 4.78 is 0. The first-order chi connectivity index (χ1) is 19.0. The average Bonchev–Trinajstić information content (AvgIpc) is 3.37. The predicted molar refractivity (Wildman–Crippen MR) is 154 cm³/mol. The Hall–Kier alpha value is -2.78. The predicted octanol–water partition coefficient (Wildman–Crippen LogP) is 4.29. The van der Waals surface area contributed by atoms with Crippen LogP contribution in [-0.4, -0.2) is 70.3 Å². The molecule has 2 aliphatic heterocycles. The first-order valence-electron chi connectivity index (χ1n) is 14.6. The lowest BCUT2D eigenvalue weighted by molar-refractivity contribution is -0.123. The Kier molecular flexibility index (Phi) is 10.9. The van der Waals surface area contributed by atoms with Crippen molar-refractivity contribution in [2.45, 2.75) is 77.5 Å². The fourth-order valence-corrected chi connectivity index (χ4v) is 5.69. The lowest BCUT2D eigenvalue weighted by atomic mass is 9.96. The van der Waals surface area contributed by atoms with Crippen LogP contribution in [0.15, 0.2) is 54.6 Å². The fourth-order valence-electron chi connectivity index (χ4n) is 5.69. The van der Waals surface area contributed by atoms with Gasteiger partial charge in [-0.05, 0) is 68.0 Å². The molecule has 2 heterocycles. The quantitative estimate of drug-likeness (QED) is 0.353. The number of hydrogen-bond acceptors (Lipinski definition) is 6. The molecule has 212 valence electrons. The Morgan fingerprint density at radius 3 is 2.33 bits per heavy atom. The van der Waals surface area contributed by atoms with Crippen molar-refractivity contribution in [2.75, 3.05) is 26.2 Å². The Labute approximate surface area is 233 Å². The Morgan fingerprint density at radius 1 is 1.00 bits per heavy atom. The van der Waals surface area contributed by atoms with Gasteiger partial charge in [0.05, 0.1) is 12.1 Å².